The van der Waals surface area contributed by atoms with E-state index in [0.717, 1.165) is 34.9 Å². The Morgan fingerprint density at radius 1 is 1.14 bits per heavy atom. The molecule has 0 N–H and O–H groups in total. The first-order chi connectivity index (χ1) is 16.9. The van der Waals surface area contributed by atoms with Crippen molar-refractivity contribution in [3.63, 3.8) is 0 Å². The Balaban J connectivity index is 1.50. The van der Waals surface area contributed by atoms with Gasteiger partial charge >= 0.3 is 5.69 Å². The van der Waals surface area contributed by atoms with Crippen LogP contribution in [0.3, 0.4) is 0 Å². The highest BCUT2D eigenvalue weighted by Gasteiger charge is 2.30. The van der Waals surface area contributed by atoms with Crippen LogP contribution in [0.15, 0.2) is 53.5 Å². The summed E-state index contributed by atoms with van der Waals surface area (Å²) in [7, 11) is 1.56. The molecule has 3 heterocycles. The van der Waals surface area contributed by atoms with Crippen LogP contribution in [0, 0.1) is 12.7 Å². The second kappa shape index (κ2) is 9.09. The molecule has 1 amide bonds. The smallest absolute Gasteiger partial charge is 0.339 e. The summed E-state index contributed by atoms with van der Waals surface area (Å²) in [6, 6.07) is 12.7. The van der Waals surface area contributed by atoms with E-state index in [1.807, 2.05) is 43.1 Å². The molecule has 1 aliphatic rings. The van der Waals surface area contributed by atoms with Crippen molar-refractivity contribution >= 4 is 16.8 Å². The first-order valence-corrected chi connectivity index (χ1v) is 12.0. The largest absolute Gasteiger partial charge is 0.350 e. The number of rotatable bonds is 5. The van der Waals surface area contributed by atoms with Gasteiger partial charge in [0, 0.05) is 44.1 Å². The highest BCUT2D eigenvalue weighted by molar-refractivity contribution is 5.84. The number of aryl methyl sites for hydroxylation is 2. The normalized spacial score (nSPS) is 15.8. The number of hydrogen-bond acceptors (Lipinski definition) is 4. The van der Waals surface area contributed by atoms with E-state index >= 15 is 4.39 Å². The number of nitrogens with zero attached hydrogens (tertiary/aromatic N) is 5. The molecule has 0 aliphatic carbocycles. The first kappa shape index (κ1) is 23.0. The Morgan fingerprint density at radius 3 is 2.69 bits per heavy atom. The van der Waals surface area contributed by atoms with Crippen molar-refractivity contribution in [2.24, 2.45) is 7.05 Å². The molecule has 1 aliphatic heterocycles. The Labute approximate surface area is 202 Å². The third-order valence-corrected chi connectivity index (χ3v) is 6.75. The lowest BCUT2D eigenvalue weighted by molar-refractivity contribution is -0.131. The molecule has 0 bridgehead atoms. The number of amides is 1. The summed E-state index contributed by atoms with van der Waals surface area (Å²) < 4.78 is 18.0. The van der Waals surface area contributed by atoms with E-state index in [4.69, 9.17) is 0 Å². The van der Waals surface area contributed by atoms with E-state index in [0.29, 0.717) is 30.8 Å². The summed E-state index contributed by atoms with van der Waals surface area (Å²) in [5.74, 6) is 0.0341. The predicted octanol–water partition coefficient (Wildman–Crippen LogP) is 4.18. The van der Waals surface area contributed by atoms with Gasteiger partial charge in [-0.15, -0.1) is 0 Å². The zero-order valence-corrected chi connectivity index (χ0v) is 20.2. The molecule has 8 heteroatoms. The first-order valence-electron chi connectivity index (χ1n) is 12.0. The maximum atomic E-state index is 15.5. The summed E-state index contributed by atoms with van der Waals surface area (Å²) in [6.45, 7) is 4.55. The van der Waals surface area contributed by atoms with Crippen LogP contribution in [0.1, 0.15) is 37.6 Å². The minimum atomic E-state index is -0.510. The molecule has 180 valence electrons. The van der Waals surface area contributed by atoms with E-state index in [-0.39, 0.29) is 17.6 Å². The second-order valence-corrected chi connectivity index (χ2v) is 9.19. The van der Waals surface area contributed by atoms with Crippen LogP contribution >= 0.6 is 0 Å². The molecule has 0 radical (unpaired) electrons. The van der Waals surface area contributed by atoms with E-state index < -0.39 is 11.5 Å². The molecule has 0 spiro atoms. The van der Waals surface area contributed by atoms with Crippen molar-refractivity contribution in [2.45, 2.75) is 45.6 Å². The van der Waals surface area contributed by atoms with Gasteiger partial charge in [-0.05, 0) is 60.7 Å². The molecule has 0 unspecified atom stereocenters. The third-order valence-electron chi connectivity index (χ3n) is 6.75. The van der Waals surface area contributed by atoms with Gasteiger partial charge in [0.25, 0.3) is 0 Å². The molecule has 1 saturated heterocycles. The second-order valence-electron chi connectivity index (χ2n) is 9.19. The number of aromatic nitrogens is 4. The van der Waals surface area contributed by atoms with Crippen molar-refractivity contribution in [1.29, 1.82) is 0 Å². The topological polar surface area (TPSA) is 73.0 Å². The van der Waals surface area contributed by atoms with Gasteiger partial charge in [0.1, 0.15) is 11.6 Å². The molecular weight excluding hydrogens is 445 g/mol. The lowest BCUT2D eigenvalue weighted by Crippen LogP contribution is -2.37. The Kier molecular flexibility index (Phi) is 5.96. The van der Waals surface area contributed by atoms with Crippen molar-refractivity contribution in [1.82, 2.24) is 24.2 Å². The van der Waals surface area contributed by atoms with E-state index in [2.05, 4.69) is 16.1 Å². The quantitative estimate of drug-likeness (QED) is 0.436. The van der Waals surface area contributed by atoms with Crippen LogP contribution in [0.4, 0.5) is 4.39 Å². The number of carbonyl (C=O) groups excluding carboxylic acids is 1. The van der Waals surface area contributed by atoms with Crippen LogP contribution < -0.4 is 5.69 Å². The SMILES string of the molecule is CCC(=O)N1CCC[C@H]1Cc1nn(C)c(=O)n1-c1ccc(-c2ccc3cc(C)cnc3c2)cc1F. The summed E-state index contributed by atoms with van der Waals surface area (Å²) in [4.78, 5) is 31.6. The van der Waals surface area contributed by atoms with Crippen LogP contribution in [-0.2, 0) is 18.3 Å². The van der Waals surface area contributed by atoms with Crippen molar-refractivity contribution in [3.05, 3.63) is 76.4 Å². The Bertz CT molecular complexity index is 1490. The molecule has 4 aromatic rings. The average molecular weight is 474 g/mol. The summed E-state index contributed by atoms with van der Waals surface area (Å²) in [5, 5.41) is 5.41. The zero-order valence-electron chi connectivity index (χ0n) is 20.2. The lowest BCUT2D eigenvalue weighted by atomic mass is 10.0. The molecule has 0 saturated carbocycles. The van der Waals surface area contributed by atoms with Crippen LogP contribution in [0.25, 0.3) is 27.7 Å². The van der Waals surface area contributed by atoms with E-state index in [1.165, 1.54) is 15.3 Å². The summed E-state index contributed by atoms with van der Waals surface area (Å²) in [5.41, 5.74) is 3.21. The van der Waals surface area contributed by atoms with Crippen LogP contribution in [0.2, 0.25) is 0 Å². The third kappa shape index (κ3) is 4.24. The number of carbonyl (C=O) groups is 1. The maximum Gasteiger partial charge on any atom is 0.350 e. The number of benzene rings is 2. The Morgan fingerprint density at radius 2 is 1.91 bits per heavy atom. The van der Waals surface area contributed by atoms with Gasteiger partial charge < -0.3 is 4.90 Å². The minimum Gasteiger partial charge on any atom is -0.339 e. The molecule has 35 heavy (non-hydrogen) atoms. The van der Waals surface area contributed by atoms with Crippen LogP contribution in [0.5, 0.6) is 0 Å². The summed E-state index contributed by atoms with van der Waals surface area (Å²) in [6.07, 6.45) is 4.40. The van der Waals surface area contributed by atoms with Gasteiger partial charge in [-0.2, -0.15) is 5.10 Å². The fourth-order valence-corrected chi connectivity index (χ4v) is 4.96. The van der Waals surface area contributed by atoms with E-state index in [1.54, 1.807) is 19.2 Å². The van der Waals surface area contributed by atoms with Gasteiger partial charge in [0.15, 0.2) is 0 Å². The fraction of sp³-hybridized carbons (Fsp3) is 0.333. The lowest BCUT2D eigenvalue weighted by Gasteiger charge is -2.24. The number of hydrogen-bond donors (Lipinski definition) is 0. The van der Waals surface area contributed by atoms with Gasteiger partial charge in [-0.1, -0.05) is 25.1 Å². The van der Waals surface area contributed by atoms with E-state index in [9.17, 15) is 9.59 Å². The van der Waals surface area contributed by atoms with Gasteiger partial charge in [-0.3, -0.25) is 9.78 Å². The predicted molar refractivity (Wildman–Crippen MR) is 133 cm³/mol. The monoisotopic (exact) mass is 473 g/mol. The highest BCUT2D eigenvalue weighted by Crippen LogP contribution is 2.28. The Hall–Kier alpha value is -3.81. The number of fused-ring (bicyclic) bond motifs is 1. The maximum absolute atomic E-state index is 15.5. The standard InChI is InChI=1S/C27H28FN5O2/c1-4-26(34)32-11-5-6-21(32)15-25-30-31(3)27(35)33(25)24-10-9-18(13-22(24)28)19-7-8-20-12-17(2)16-29-23(20)14-19/h7-10,12-14,16,21H,4-6,11,15H2,1-3H3/t21-/m0/s1. The number of likely N-dealkylation sites (tertiary alicyclic amines) is 1. The van der Waals surface area contributed by atoms with Gasteiger partial charge in [0.05, 0.1) is 11.2 Å². The highest BCUT2D eigenvalue weighted by atomic mass is 19.1. The summed E-state index contributed by atoms with van der Waals surface area (Å²) >= 11 is 0. The molecule has 5 rings (SSSR count). The fourth-order valence-electron chi connectivity index (χ4n) is 4.96. The molecular formula is C27H28FN5O2. The van der Waals surface area contributed by atoms with Gasteiger partial charge in [0.2, 0.25) is 5.91 Å². The molecule has 1 atom stereocenters. The van der Waals surface area contributed by atoms with Crippen molar-refractivity contribution in [2.75, 3.05) is 6.54 Å². The number of pyridine rings is 1. The molecule has 1 fully saturated rings. The van der Waals surface area contributed by atoms with Crippen LogP contribution in [-0.4, -0.2) is 42.7 Å². The average Bonchev–Trinajstić information content (AvgIpc) is 3.42. The minimum absolute atomic E-state index is 0.0425. The van der Waals surface area contributed by atoms with Crippen molar-refractivity contribution < 1.29 is 9.18 Å². The molecule has 2 aromatic carbocycles. The van der Waals surface area contributed by atoms with Gasteiger partial charge in [-0.25, -0.2) is 18.4 Å². The number of halogens is 1. The molecule has 7 nitrogen and oxygen atoms in total. The molecule has 2 aromatic heterocycles. The van der Waals surface area contributed by atoms with Crippen molar-refractivity contribution in [3.8, 4) is 16.8 Å². The zero-order chi connectivity index (χ0) is 24.7.